The maximum absolute atomic E-state index is 4.42. The number of rotatable bonds is 4. The molecule has 1 aromatic heterocycles. The Morgan fingerprint density at radius 2 is 1.74 bits per heavy atom. The molecule has 2 aliphatic rings. The van der Waals surface area contributed by atoms with Gasteiger partial charge in [-0.1, -0.05) is 18.9 Å². The van der Waals surface area contributed by atoms with Gasteiger partial charge in [0.25, 0.3) is 0 Å². The summed E-state index contributed by atoms with van der Waals surface area (Å²) in [6.45, 7) is 7.23. The van der Waals surface area contributed by atoms with E-state index in [2.05, 4.69) is 26.9 Å². The molecule has 19 heavy (non-hydrogen) atoms. The van der Waals surface area contributed by atoms with E-state index in [1.54, 1.807) is 0 Å². The lowest BCUT2D eigenvalue weighted by Crippen LogP contribution is -2.47. The lowest BCUT2D eigenvalue weighted by Gasteiger charge is -2.35. The van der Waals surface area contributed by atoms with E-state index in [1.807, 2.05) is 12.3 Å². The highest BCUT2D eigenvalue weighted by molar-refractivity contribution is 5.03. The molecule has 0 amide bonds. The summed E-state index contributed by atoms with van der Waals surface area (Å²) in [5.74, 6) is 0.988. The molecule has 0 bridgehead atoms. The minimum atomic E-state index is 0.988. The molecular weight excluding hydrogens is 234 g/mol. The minimum absolute atomic E-state index is 0.988. The van der Waals surface area contributed by atoms with Crippen molar-refractivity contribution in [3.63, 3.8) is 0 Å². The summed E-state index contributed by atoms with van der Waals surface area (Å²) in [4.78, 5) is 9.63. The van der Waals surface area contributed by atoms with E-state index in [9.17, 15) is 0 Å². The second-order valence-corrected chi connectivity index (χ2v) is 6.05. The molecule has 1 aliphatic carbocycles. The summed E-state index contributed by atoms with van der Waals surface area (Å²) < 4.78 is 0. The van der Waals surface area contributed by atoms with Crippen LogP contribution in [0.5, 0.6) is 0 Å². The SMILES string of the molecule is c1ccc(CN2CCN(CC3CCCC3)CC2)nc1. The van der Waals surface area contributed by atoms with Gasteiger partial charge in [-0.2, -0.15) is 0 Å². The molecule has 1 saturated heterocycles. The minimum Gasteiger partial charge on any atom is -0.301 e. The fourth-order valence-corrected chi connectivity index (χ4v) is 3.41. The summed E-state index contributed by atoms with van der Waals surface area (Å²) in [5.41, 5.74) is 1.20. The van der Waals surface area contributed by atoms with Crippen LogP contribution in [-0.4, -0.2) is 47.5 Å². The number of pyridine rings is 1. The maximum Gasteiger partial charge on any atom is 0.0543 e. The number of hydrogen-bond donors (Lipinski definition) is 0. The van der Waals surface area contributed by atoms with Crippen LogP contribution in [0.4, 0.5) is 0 Å². The normalized spacial score (nSPS) is 22.9. The van der Waals surface area contributed by atoms with Gasteiger partial charge in [0.1, 0.15) is 0 Å². The molecule has 1 aromatic rings. The Bertz CT molecular complexity index is 365. The first-order valence-corrected chi connectivity index (χ1v) is 7.75. The van der Waals surface area contributed by atoms with E-state index in [0.29, 0.717) is 0 Å². The molecule has 0 aromatic carbocycles. The Morgan fingerprint density at radius 1 is 1.00 bits per heavy atom. The molecule has 0 radical (unpaired) electrons. The van der Waals surface area contributed by atoms with Crippen LogP contribution >= 0.6 is 0 Å². The first kappa shape index (κ1) is 13.1. The molecule has 3 heteroatoms. The third-order valence-electron chi connectivity index (χ3n) is 4.57. The van der Waals surface area contributed by atoms with Gasteiger partial charge in [-0.15, -0.1) is 0 Å². The highest BCUT2D eigenvalue weighted by atomic mass is 15.3. The smallest absolute Gasteiger partial charge is 0.0543 e. The lowest BCUT2D eigenvalue weighted by molar-refractivity contribution is 0.113. The van der Waals surface area contributed by atoms with Crippen molar-refractivity contribution in [3.05, 3.63) is 30.1 Å². The predicted molar refractivity (Wildman–Crippen MR) is 77.9 cm³/mol. The van der Waals surface area contributed by atoms with E-state index >= 15 is 0 Å². The van der Waals surface area contributed by atoms with Gasteiger partial charge >= 0.3 is 0 Å². The van der Waals surface area contributed by atoms with E-state index in [0.717, 1.165) is 12.5 Å². The van der Waals surface area contributed by atoms with Gasteiger partial charge in [0.15, 0.2) is 0 Å². The first-order chi connectivity index (χ1) is 9.40. The van der Waals surface area contributed by atoms with E-state index < -0.39 is 0 Å². The van der Waals surface area contributed by atoms with Crippen LogP contribution < -0.4 is 0 Å². The van der Waals surface area contributed by atoms with Crippen LogP contribution in [-0.2, 0) is 6.54 Å². The van der Waals surface area contributed by atoms with Gasteiger partial charge < -0.3 is 4.90 Å². The van der Waals surface area contributed by atoms with Crippen molar-refractivity contribution < 1.29 is 0 Å². The highest BCUT2D eigenvalue weighted by Gasteiger charge is 2.22. The molecular formula is C16H25N3. The maximum atomic E-state index is 4.42. The fraction of sp³-hybridized carbons (Fsp3) is 0.688. The molecule has 3 nitrogen and oxygen atoms in total. The molecule has 0 N–H and O–H groups in total. The van der Waals surface area contributed by atoms with Crippen molar-refractivity contribution in [3.8, 4) is 0 Å². The molecule has 2 heterocycles. The van der Waals surface area contributed by atoms with Gasteiger partial charge in [0, 0.05) is 45.5 Å². The van der Waals surface area contributed by atoms with Gasteiger partial charge in [-0.3, -0.25) is 9.88 Å². The molecule has 104 valence electrons. The van der Waals surface area contributed by atoms with Gasteiger partial charge in [-0.25, -0.2) is 0 Å². The monoisotopic (exact) mass is 259 g/mol. The van der Waals surface area contributed by atoms with Crippen LogP contribution in [0, 0.1) is 5.92 Å². The summed E-state index contributed by atoms with van der Waals surface area (Å²) in [6, 6.07) is 6.20. The molecule has 2 fully saturated rings. The van der Waals surface area contributed by atoms with Crippen molar-refractivity contribution >= 4 is 0 Å². The van der Waals surface area contributed by atoms with Crippen molar-refractivity contribution in [2.75, 3.05) is 32.7 Å². The molecule has 1 aliphatic heterocycles. The number of piperazine rings is 1. The predicted octanol–water partition coefficient (Wildman–Crippen LogP) is 2.39. The largest absolute Gasteiger partial charge is 0.301 e. The number of aromatic nitrogens is 1. The average Bonchev–Trinajstić information content (AvgIpc) is 2.95. The molecule has 0 spiro atoms. The zero-order chi connectivity index (χ0) is 12.9. The summed E-state index contributed by atoms with van der Waals surface area (Å²) in [5, 5.41) is 0. The van der Waals surface area contributed by atoms with Crippen molar-refractivity contribution in [2.45, 2.75) is 32.2 Å². The Kier molecular flexibility index (Phi) is 4.46. The highest BCUT2D eigenvalue weighted by Crippen LogP contribution is 2.25. The van der Waals surface area contributed by atoms with E-state index in [4.69, 9.17) is 0 Å². The zero-order valence-corrected chi connectivity index (χ0v) is 11.8. The third-order valence-corrected chi connectivity index (χ3v) is 4.57. The van der Waals surface area contributed by atoms with Crippen LogP contribution in [0.25, 0.3) is 0 Å². The Morgan fingerprint density at radius 3 is 2.42 bits per heavy atom. The summed E-state index contributed by atoms with van der Waals surface area (Å²) in [7, 11) is 0. The van der Waals surface area contributed by atoms with Gasteiger partial charge in [0.2, 0.25) is 0 Å². The van der Waals surface area contributed by atoms with Crippen molar-refractivity contribution in [1.29, 1.82) is 0 Å². The lowest BCUT2D eigenvalue weighted by atomic mass is 10.1. The number of nitrogens with zero attached hydrogens (tertiary/aromatic N) is 3. The van der Waals surface area contributed by atoms with E-state index in [1.165, 1.54) is 64.1 Å². The van der Waals surface area contributed by atoms with Crippen LogP contribution in [0.1, 0.15) is 31.4 Å². The van der Waals surface area contributed by atoms with Crippen LogP contribution in [0.2, 0.25) is 0 Å². The molecule has 3 rings (SSSR count). The third kappa shape index (κ3) is 3.77. The van der Waals surface area contributed by atoms with E-state index in [-0.39, 0.29) is 0 Å². The second kappa shape index (κ2) is 6.49. The van der Waals surface area contributed by atoms with Gasteiger partial charge in [0.05, 0.1) is 5.69 Å². The topological polar surface area (TPSA) is 19.4 Å². The number of hydrogen-bond acceptors (Lipinski definition) is 3. The van der Waals surface area contributed by atoms with Crippen LogP contribution in [0.3, 0.4) is 0 Å². The molecule has 0 unspecified atom stereocenters. The van der Waals surface area contributed by atoms with Crippen molar-refractivity contribution in [1.82, 2.24) is 14.8 Å². The Hall–Kier alpha value is -0.930. The molecule has 0 atom stereocenters. The zero-order valence-electron chi connectivity index (χ0n) is 11.8. The second-order valence-electron chi connectivity index (χ2n) is 6.05. The van der Waals surface area contributed by atoms with Gasteiger partial charge in [-0.05, 0) is 30.9 Å². The fourth-order valence-electron chi connectivity index (χ4n) is 3.41. The Labute approximate surface area is 116 Å². The Balaban J connectivity index is 1.41. The summed E-state index contributed by atoms with van der Waals surface area (Å²) in [6.07, 6.45) is 7.75. The summed E-state index contributed by atoms with van der Waals surface area (Å²) >= 11 is 0. The first-order valence-electron chi connectivity index (χ1n) is 7.75. The standard InChI is InChI=1S/C16H25N3/c1-2-6-15(5-1)13-18-9-11-19(12-10-18)14-16-7-3-4-8-17-16/h3-4,7-8,15H,1-2,5-6,9-14H2. The van der Waals surface area contributed by atoms with Crippen molar-refractivity contribution in [2.24, 2.45) is 5.92 Å². The average molecular weight is 259 g/mol. The molecule has 1 saturated carbocycles. The quantitative estimate of drug-likeness (QED) is 0.827. The van der Waals surface area contributed by atoms with Crippen LogP contribution in [0.15, 0.2) is 24.4 Å².